The van der Waals surface area contributed by atoms with Gasteiger partial charge in [-0.05, 0) is 56.7 Å². The SMILES string of the molecule is CCn1c(CSc2ccc(C)cc2)nnc1SCC(=O)Nc1ccc(Cl)cc1C. The van der Waals surface area contributed by atoms with Gasteiger partial charge in [0.1, 0.15) is 5.82 Å². The molecule has 3 aromatic rings. The summed E-state index contributed by atoms with van der Waals surface area (Å²) in [5, 5.41) is 13.0. The molecule has 0 atom stereocenters. The molecule has 1 aromatic heterocycles. The van der Waals surface area contributed by atoms with Crippen LogP contribution in [-0.2, 0) is 17.1 Å². The Balaban J connectivity index is 1.58. The minimum absolute atomic E-state index is 0.0818. The Labute approximate surface area is 184 Å². The molecule has 3 rings (SSSR count). The standard InChI is InChI=1S/C21H23ClN4OS2/c1-4-26-19(12-28-17-8-5-14(2)6-9-17)24-25-21(26)29-13-20(27)23-18-10-7-16(22)11-15(18)3/h5-11H,4,12-13H2,1-3H3,(H,23,27). The highest BCUT2D eigenvalue weighted by molar-refractivity contribution is 7.99. The molecule has 0 bridgehead atoms. The average Bonchev–Trinajstić information content (AvgIpc) is 3.10. The van der Waals surface area contributed by atoms with Crippen molar-refractivity contribution >= 4 is 46.7 Å². The van der Waals surface area contributed by atoms with E-state index in [1.807, 2.05) is 19.1 Å². The topological polar surface area (TPSA) is 59.8 Å². The quantitative estimate of drug-likeness (QED) is 0.457. The van der Waals surface area contributed by atoms with Crippen LogP contribution in [-0.4, -0.2) is 26.4 Å². The first kappa shape index (κ1) is 21.7. The maximum absolute atomic E-state index is 12.3. The van der Waals surface area contributed by atoms with Crippen molar-refractivity contribution in [1.29, 1.82) is 0 Å². The van der Waals surface area contributed by atoms with Crippen LogP contribution >= 0.6 is 35.1 Å². The van der Waals surface area contributed by atoms with Crippen molar-refractivity contribution in [2.24, 2.45) is 0 Å². The number of nitrogens with zero attached hydrogens (tertiary/aromatic N) is 3. The van der Waals surface area contributed by atoms with E-state index in [9.17, 15) is 4.79 Å². The van der Waals surface area contributed by atoms with E-state index >= 15 is 0 Å². The van der Waals surface area contributed by atoms with Crippen LogP contribution in [0.4, 0.5) is 5.69 Å². The van der Waals surface area contributed by atoms with Crippen molar-refractivity contribution in [3.63, 3.8) is 0 Å². The summed E-state index contributed by atoms with van der Waals surface area (Å²) in [5.74, 6) is 1.84. The van der Waals surface area contributed by atoms with Crippen LogP contribution in [0.3, 0.4) is 0 Å². The van der Waals surface area contributed by atoms with Crippen LogP contribution in [0.5, 0.6) is 0 Å². The molecular weight excluding hydrogens is 424 g/mol. The van der Waals surface area contributed by atoms with Crippen molar-refractivity contribution in [2.45, 2.75) is 43.1 Å². The second-order valence-corrected chi connectivity index (χ2v) is 8.97. The highest BCUT2D eigenvalue weighted by Crippen LogP contribution is 2.25. The lowest BCUT2D eigenvalue weighted by atomic mass is 10.2. The Bertz CT molecular complexity index is 989. The molecule has 152 valence electrons. The smallest absolute Gasteiger partial charge is 0.234 e. The number of carbonyl (C=O) groups is 1. The molecule has 0 saturated heterocycles. The lowest BCUT2D eigenvalue weighted by Gasteiger charge is -2.09. The van der Waals surface area contributed by atoms with Gasteiger partial charge in [0.15, 0.2) is 5.16 Å². The molecule has 0 aliphatic rings. The highest BCUT2D eigenvalue weighted by atomic mass is 35.5. The molecule has 2 aromatic carbocycles. The van der Waals surface area contributed by atoms with Crippen LogP contribution in [0.1, 0.15) is 23.9 Å². The van der Waals surface area contributed by atoms with Gasteiger partial charge >= 0.3 is 0 Å². The lowest BCUT2D eigenvalue weighted by Crippen LogP contribution is -2.15. The molecular formula is C21H23ClN4OS2. The highest BCUT2D eigenvalue weighted by Gasteiger charge is 2.14. The van der Waals surface area contributed by atoms with E-state index in [2.05, 4.69) is 58.2 Å². The number of benzene rings is 2. The Hall–Kier alpha value is -1.96. The second-order valence-electron chi connectivity index (χ2n) is 6.54. The van der Waals surface area contributed by atoms with E-state index in [0.717, 1.165) is 34.5 Å². The lowest BCUT2D eigenvalue weighted by molar-refractivity contribution is -0.113. The van der Waals surface area contributed by atoms with E-state index in [4.69, 9.17) is 11.6 Å². The van der Waals surface area contributed by atoms with Crippen molar-refractivity contribution in [2.75, 3.05) is 11.1 Å². The van der Waals surface area contributed by atoms with Crippen LogP contribution in [0.15, 0.2) is 52.5 Å². The molecule has 0 unspecified atom stereocenters. The number of rotatable bonds is 8. The Kier molecular flexibility index (Phi) is 7.64. The molecule has 1 amide bonds. The average molecular weight is 447 g/mol. The fraction of sp³-hybridized carbons (Fsp3) is 0.286. The van der Waals surface area contributed by atoms with Gasteiger partial charge in [0.2, 0.25) is 5.91 Å². The third-order valence-electron chi connectivity index (χ3n) is 4.29. The number of nitrogens with one attached hydrogen (secondary N) is 1. The maximum atomic E-state index is 12.3. The number of anilines is 1. The van der Waals surface area contributed by atoms with E-state index in [-0.39, 0.29) is 11.7 Å². The molecule has 0 radical (unpaired) electrons. The fourth-order valence-electron chi connectivity index (χ4n) is 2.72. The summed E-state index contributed by atoms with van der Waals surface area (Å²) in [6.45, 7) is 6.82. The number of hydrogen-bond acceptors (Lipinski definition) is 5. The van der Waals surface area contributed by atoms with Crippen molar-refractivity contribution in [1.82, 2.24) is 14.8 Å². The van der Waals surface area contributed by atoms with Gasteiger partial charge in [0, 0.05) is 22.2 Å². The van der Waals surface area contributed by atoms with Crippen LogP contribution < -0.4 is 5.32 Å². The van der Waals surface area contributed by atoms with Gasteiger partial charge in [0.05, 0.1) is 11.5 Å². The molecule has 1 heterocycles. The summed E-state index contributed by atoms with van der Waals surface area (Å²) in [5.41, 5.74) is 2.95. The van der Waals surface area contributed by atoms with Crippen molar-refractivity contribution in [3.8, 4) is 0 Å². The number of carbonyl (C=O) groups excluding carboxylic acids is 1. The predicted molar refractivity (Wildman–Crippen MR) is 122 cm³/mol. The van der Waals surface area contributed by atoms with Gasteiger partial charge in [-0.25, -0.2) is 0 Å². The number of aromatic nitrogens is 3. The second kappa shape index (κ2) is 10.2. The fourth-order valence-corrected chi connectivity index (χ4v) is 4.60. The summed E-state index contributed by atoms with van der Waals surface area (Å²) in [4.78, 5) is 13.5. The molecule has 1 N–H and O–H groups in total. The third kappa shape index (κ3) is 6.01. The molecule has 0 fully saturated rings. The number of hydrogen-bond donors (Lipinski definition) is 1. The molecule has 5 nitrogen and oxygen atoms in total. The normalized spacial score (nSPS) is 10.9. The minimum atomic E-state index is -0.0818. The third-order valence-corrected chi connectivity index (χ3v) is 6.50. The van der Waals surface area contributed by atoms with E-state index in [1.54, 1.807) is 17.8 Å². The van der Waals surface area contributed by atoms with Gasteiger partial charge in [-0.15, -0.1) is 22.0 Å². The molecule has 0 aliphatic carbocycles. The number of amides is 1. The van der Waals surface area contributed by atoms with E-state index in [0.29, 0.717) is 5.02 Å². The predicted octanol–water partition coefficient (Wildman–Crippen LogP) is 5.59. The first-order chi connectivity index (χ1) is 14.0. The van der Waals surface area contributed by atoms with Crippen molar-refractivity contribution < 1.29 is 4.79 Å². The Morgan fingerprint density at radius 2 is 1.86 bits per heavy atom. The molecule has 29 heavy (non-hydrogen) atoms. The number of halogens is 1. The zero-order chi connectivity index (χ0) is 20.8. The summed E-state index contributed by atoms with van der Waals surface area (Å²) in [6, 6.07) is 13.9. The monoisotopic (exact) mass is 446 g/mol. The zero-order valence-corrected chi connectivity index (χ0v) is 19.0. The van der Waals surface area contributed by atoms with E-state index in [1.165, 1.54) is 22.2 Å². The Morgan fingerprint density at radius 1 is 1.10 bits per heavy atom. The van der Waals surface area contributed by atoms with Crippen LogP contribution in [0.2, 0.25) is 5.02 Å². The van der Waals surface area contributed by atoms with Gasteiger partial charge in [-0.2, -0.15) is 0 Å². The largest absolute Gasteiger partial charge is 0.325 e. The summed E-state index contributed by atoms with van der Waals surface area (Å²) in [6.07, 6.45) is 0. The molecule has 0 aliphatic heterocycles. The van der Waals surface area contributed by atoms with Gasteiger partial charge < -0.3 is 9.88 Å². The molecule has 8 heteroatoms. The molecule has 0 saturated carbocycles. The first-order valence-corrected chi connectivity index (χ1v) is 11.6. The molecule has 0 spiro atoms. The minimum Gasteiger partial charge on any atom is -0.325 e. The maximum Gasteiger partial charge on any atom is 0.234 e. The van der Waals surface area contributed by atoms with Crippen LogP contribution in [0.25, 0.3) is 0 Å². The summed E-state index contributed by atoms with van der Waals surface area (Å²) >= 11 is 9.09. The van der Waals surface area contributed by atoms with Gasteiger partial charge in [0.25, 0.3) is 0 Å². The first-order valence-electron chi connectivity index (χ1n) is 9.26. The number of thioether (sulfide) groups is 2. The summed E-state index contributed by atoms with van der Waals surface area (Å²) in [7, 11) is 0. The number of aryl methyl sites for hydroxylation is 2. The zero-order valence-electron chi connectivity index (χ0n) is 16.6. The van der Waals surface area contributed by atoms with Gasteiger partial charge in [-0.3, -0.25) is 4.79 Å². The van der Waals surface area contributed by atoms with Gasteiger partial charge in [-0.1, -0.05) is 41.1 Å². The van der Waals surface area contributed by atoms with E-state index < -0.39 is 0 Å². The Morgan fingerprint density at radius 3 is 2.55 bits per heavy atom. The summed E-state index contributed by atoms with van der Waals surface area (Å²) < 4.78 is 2.06. The van der Waals surface area contributed by atoms with Crippen LogP contribution in [0, 0.1) is 13.8 Å². The van der Waals surface area contributed by atoms with Crippen molar-refractivity contribution in [3.05, 3.63) is 64.4 Å².